The highest BCUT2D eigenvalue weighted by molar-refractivity contribution is 6.24. The van der Waals surface area contributed by atoms with Crippen LogP contribution in [0.5, 0.6) is 5.75 Å². The number of hydrogen-bond acceptors (Lipinski definition) is 9. The Bertz CT molecular complexity index is 1150. The number of ketones is 2. The summed E-state index contributed by atoms with van der Waals surface area (Å²) in [6.45, 7) is 1.40. The van der Waals surface area contributed by atoms with Crippen LogP contribution in [0, 0.1) is 11.8 Å². The number of primary amides is 1. The molecule has 10 nitrogen and oxygen atoms in total. The van der Waals surface area contributed by atoms with Crippen molar-refractivity contribution in [1.82, 2.24) is 4.90 Å². The number of fused-ring (bicyclic) bond motifs is 3. The molecule has 1 aromatic carbocycles. The molecule has 0 heterocycles. The number of aromatic hydroxyl groups is 1. The number of carbonyl (C=O) groups is 3. The molecular weight excluding hydrogens is 420 g/mol. The molecule has 0 spiro atoms. The first-order valence-electron chi connectivity index (χ1n) is 9.97. The first kappa shape index (κ1) is 22.0. The second kappa shape index (κ2) is 6.64. The number of aliphatic hydroxyl groups is 4. The van der Waals surface area contributed by atoms with E-state index in [1.54, 1.807) is 0 Å². The SMILES string of the molecule is CN(C)[C@@H]1C(=O)C(C(N)=O)=C(O)[C@@]2(O)C(=O)C3=C(O)c4c(O)cccc4[C@@](C)(O)C3CC12. The van der Waals surface area contributed by atoms with Crippen LogP contribution in [0.4, 0.5) is 0 Å². The molecule has 3 aliphatic rings. The minimum absolute atomic E-state index is 0.170. The fourth-order valence-electron chi connectivity index (χ4n) is 5.50. The molecule has 0 radical (unpaired) electrons. The summed E-state index contributed by atoms with van der Waals surface area (Å²) in [5.74, 6) is -7.90. The van der Waals surface area contributed by atoms with E-state index in [9.17, 15) is 39.9 Å². The number of amides is 1. The maximum Gasteiger partial charge on any atom is 0.255 e. The number of aliphatic hydroxyl groups excluding tert-OH is 2. The molecule has 10 heteroatoms. The number of phenolic OH excluding ortho intramolecular Hbond substituents is 1. The average Bonchev–Trinajstić information content (AvgIpc) is 2.68. The van der Waals surface area contributed by atoms with Crippen molar-refractivity contribution in [2.75, 3.05) is 14.1 Å². The van der Waals surface area contributed by atoms with Gasteiger partial charge in [-0.25, -0.2) is 0 Å². The Labute approximate surface area is 182 Å². The zero-order chi connectivity index (χ0) is 23.9. The van der Waals surface area contributed by atoms with Crippen molar-refractivity contribution in [2.24, 2.45) is 17.6 Å². The van der Waals surface area contributed by atoms with Crippen LogP contribution in [0.15, 0.2) is 35.1 Å². The Morgan fingerprint density at radius 2 is 1.78 bits per heavy atom. The summed E-state index contributed by atoms with van der Waals surface area (Å²) in [7, 11) is 3.01. The molecule has 0 aliphatic heterocycles. The monoisotopic (exact) mass is 444 g/mol. The van der Waals surface area contributed by atoms with Crippen LogP contribution in [0.2, 0.25) is 0 Å². The first-order valence-corrected chi connectivity index (χ1v) is 9.97. The zero-order valence-electron chi connectivity index (χ0n) is 17.7. The number of Topliss-reactive ketones (excluding diaryl/α,β-unsaturated/α-hetero) is 2. The van der Waals surface area contributed by atoms with Gasteiger partial charge in [-0.05, 0) is 39.1 Å². The lowest BCUT2D eigenvalue weighted by Gasteiger charge is -2.53. The lowest BCUT2D eigenvalue weighted by Crippen LogP contribution is -2.67. The van der Waals surface area contributed by atoms with E-state index in [-0.39, 0.29) is 17.5 Å². The van der Waals surface area contributed by atoms with Crippen molar-refractivity contribution in [1.29, 1.82) is 0 Å². The maximum absolute atomic E-state index is 13.7. The van der Waals surface area contributed by atoms with Crippen molar-refractivity contribution in [3.8, 4) is 5.75 Å². The minimum atomic E-state index is -2.75. The number of likely N-dealkylation sites (N-methyl/N-ethyl adjacent to an activating group) is 1. The van der Waals surface area contributed by atoms with E-state index in [2.05, 4.69) is 0 Å². The summed E-state index contributed by atoms with van der Waals surface area (Å²) in [6.07, 6.45) is -0.200. The van der Waals surface area contributed by atoms with Gasteiger partial charge in [0.15, 0.2) is 11.4 Å². The smallest absolute Gasteiger partial charge is 0.255 e. The van der Waals surface area contributed by atoms with Gasteiger partial charge in [0.05, 0.1) is 17.2 Å². The predicted octanol–water partition coefficient (Wildman–Crippen LogP) is -0.371. The van der Waals surface area contributed by atoms with Gasteiger partial charge in [0.1, 0.15) is 22.8 Å². The quantitative estimate of drug-likeness (QED) is 0.332. The molecule has 0 bridgehead atoms. The highest BCUT2D eigenvalue weighted by Gasteiger charge is 2.66. The summed E-state index contributed by atoms with van der Waals surface area (Å²) in [4.78, 5) is 40.0. The van der Waals surface area contributed by atoms with Crippen LogP contribution >= 0.6 is 0 Å². The van der Waals surface area contributed by atoms with Gasteiger partial charge in [0.25, 0.3) is 5.91 Å². The predicted molar refractivity (Wildman–Crippen MR) is 110 cm³/mol. The number of nitrogens with zero attached hydrogens (tertiary/aromatic N) is 1. The third-order valence-corrected chi connectivity index (χ3v) is 7.02. The summed E-state index contributed by atoms with van der Waals surface area (Å²) >= 11 is 0. The van der Waals surface area contributed by atoms with Crippen LogP contribution in [-0.2, 0) is 20.0 Å². The van der Waals surface area contributed by atoms with Crippen LogP contribution in [-0.4, -0.2) is 73.6 Å². The molecule has 1 amide bonds. The molecule has 1 fully saturated rings. The minimum Gasteiger partial charge on any atom is -0.508 e. The molecule has 3 aliphatic carbocycles. The van der Waals surface area contributed by atoms with Crippen molar-refractivity contribution in [2.45, 2.75) is 30.6 Å². The van der Waals surface area contributed by atoms with Gasteiger partial charge in [0.2, 0.25) is 5.78 Å². The normalized spacial score (nSPS) is 34.4. The van der Waals surface area contributed by atoms with E-state index in [4.69, 9.17) is 5.73 Å². The number of phenols is 1. The first-order chi connectivity index (χ1) is 14.8. The molecule has 1 saturated carbocycles. The van der Waals surface area contributed by atoms with Crippen LogP contribution in [0.1, 0.15) is 24.5 Å². The summed E-state index contributed by atoms with van der Waals surface area (Å²) < 4.78 is 0. The number of rotatable bonds is 2. The van der Waals surface area contributed by atoms with Crippen LogP contribution in [0.25, 0.3) is 5.76 Å². The van der Waals surface area contributed by atoms with E-state index in [0.717, 1.165) is 0 Å². The molecule has 32 heavy (non-hydrogen) atoms. The zero-order valence-corrected chi connectivity index (χ0v) is 17.7. The van der Waals surface area contributed by atoms with Crippen LogP contribution < -0.4 is 5.73 Å². The number of benzene rings is 1. The second-order valence-electron chi connectivity index (χ2n) is 8.96. The Morgan fingerprint density at radius 3 is 2.34 bits per heavy atom. The van der Waals surface area contributed by atoms with Crippen molar-refractivity contribution >= 4 is 23.2 Å². The molecule has 2 unspecified atom stereocenters. The van der Waals surface area contributed by atoms with Crippen molar-refractivity contribution in [3.63, 3.8) is 0 Å². The molecular formula is C22H24N2O8. The van der Waals surface area contributed by atoms with Crippen LogP contribution in [0.3, 0.4) is 0 Å². The van der Waals surface area contributed by atoms with E-state index < -0.39 is 75.0 Å². The topological polar surface area (TPSA) is 182 Å². The average molecular weight is 444 g/mol. The van der Waals surface area contributed by atoms with Gasteiger partial charge in [0, 0.05) is 17.4 Å². The molecule has 5 atom stereocenters. The Morgan fingerprint density at radius 1 is 1.16 bits per heavy atom. The van der Waals surface area contributed by atoms with Gasteiger partial charge in [-0.15, -0.1) is 0 Å². The van der Waals surface area contributed by atoms with Gasteiger partial charge in [-0.3, -0.25) is 19.3 Å². The van der Waals surface area contributed by atoms with Crippen molar-refractivity contribution < 1.29 is 39.9 Å². The number of hydrogen-bond donors (Lipinski definition) is 6. The standard InChI is InChI=1S/C22H24N2O8/c1-21(31)8-5-4-6-11(25)12(8)16(26)13-9(21)7-10-15(24(2)3)17(27)14(20(23)30)19(29)22(10,32)18(13)28/h4-6,9-10,15,25-26,29,31-32H,7H2,1-3H3,(H2,23,30)/t9?,10?,15-,21+,22-/m0/s1. The summed E-state index contributed by atoms with van der Waals surface area (Å²) in [5, 5.41) is 54.9. The Kier molecular flexibility index (Phi) is 4.57. The maximum atomic E-state index is 13.7. The summed E-state index contributed by atoms with van der Waals surface area (Å²) in [6, 6.07) is 3.02. The molecule has 170 valence electrons. The largest absolute Gasteiger partial charge is 0.508 e. The third-order valence-electron chi connectivity index (χ3n) is 7.02. The molecule has 0 aromatic heterocycles. The number of nitrogens with two attached hydrogens (primary N) is 1. The Hall–Kier alpha value is -3.21. The molecule has 7 N–H and O–H groups in total. The van der Waals surface area contributed by atoms with E-state index in [1.165, 1.54) is 44.1 Å². The van der Waals surface area contributed by atoms with Gasteiger partial charge in [-0.2, -0.15) is 0 Å². The third kappa shape index (κ3) is 2.48. The highest BCUT2D eigenvalue weighted by Crippen LogP contribution is 2.57. The summed E-state index contributed by atoms with van der Waals surface area (Å²) in [5.41, 5.74) is -0.548. The van der Waals surface area contributed by atoms with Gasteiger partial charge >= 0.3 is 0 Å². The fraction of sp³-hybridized carbons (Fsp3) is 0.409. The van der Waals surface area contributed by atoms with Gasteiger partial charge < -0.3 is 31.3 Å². The molecule has 0 saturated heterocycles. The number of carbonyl (C=O) groups excluding carboxylic acids is 3. The Balaban J connectivity index is 2.05. The molecule has 4 rings (SSSR count). The lowest BCUT2D eigenvalue weighted by atomic mass is 9.54. The van der Waals surface area contributed by atoms with E-state index in [0.29, 0.717) is 0 Å². The van der Waals surface area contributed by atoms with E-state index >= 15 is 0 Å². The fourth-order valence-corrected chi connectivity index (χ4v) is 5.50. The second-order valence-corrected chi connectivity index (χ2v) is 8.96. The van der Waals surface area contributed by atoms with E-state index in [1.807, 2.05) is 0 Å². The lowest BCUT2D eigenvalue weighted by molar-refractivity contribution is -0.159. The van der Waals surface area contributed by atoms with Gasteiger partial charge in [-0.1, -0.05) is 12.1 Å². The highest BCUT2D eigenvalue weighted by atomic mass is 16.3. The van der Waals surface area contributed by atoms with Crippen molar-refractivity contribution in [3.05, 3.63) is 46.2 Å². The molecule has 1 aromatic rings.